The van der Waals surface area contributed by atoms with Crippen LogP contribution in [-0.2, 0) is 7.05 Å². The van der Waals surface area contributed by atoms with Crippen LogP contribution in [0.25, 0.3) is 0 Å². The Labute approximate surface area is 117 Å². The highest BCUT2D eigenvalue weighted by molar-refractivity contribution is 5.98. The van der Waals surface area contributed by atoms with Crippen molar-refractivity contribution in [3.05, 3.63) is 23.5 Å². The normalized spacial score (nSPS) is 15.5. The molecule has 2 amide bonds. The Balaban J connectivity index is 0.00000180. The summed E-state index contributed by atoms with van der Waals surface area (Å²) in [5.74, 6) is -0.260. The van der Waals surface area contributed by atoms with Gasteiger partial charge in [-0.25, -0.2) is 0 Å². The molecule has 2 rings (SSSR count). The van der Waals surface area contributed by atoms with E-state index >= 15 is 0 Å². The third-order valence-corrected chi connectivity index (χ3v) is 3.28. The first kappa shape index (κ1) is 15.5. The lowest BCUT2D eigenvalue weighted by Crippen LogP contribution is -2.42. The molecular weight excluding hydrogens is 268 g/mol. The van der Waals surface area contributed by atoms with Gasteiger partial charge in [-0.15, -0.1) is 12.4 Å². The monoisotopic (exact) mass is 286 g/mol. The zero-order valence-corrected chi connectivity index (χ0v) is 11.6. The highest BCUT2D eigenvalue weighted by Crippen LogP contribution is 2.32. The average Bonchev–Trinajstić information content (AvgIpc) is 3.08. The number of aryl methyl sites for hydroxylation is 1. The Bertz CT molecular complexity index is 482. The molecule has 1 heterocycles. The fourth-order valence-electron chi connectivity index (χ4n) is 2.04. The number of amides is 2. The number of carbonyl (C=O) groups is 2. The molecular formula is C12H19ClN4O2. The van der Waals surface area contributed by atoms with Crippen LogP contribution in [0.5, 0.6) is 0 Å². The van der Waals surface area contributed by atoms with Crippen molar-refractivity contribution in [2.24, 2.45) is 24.4 Å². The van der Waals surface area contributed by atoms with Crippen LogP contribution in [0.4, 0.5) is 0 Å². The van der Waals surface area contributed by atoms with Crippen LogP contribution in [0, 0.1) is 5.92 Å². The molecule has 1 aliphatic carbocycles. The van der Waals surface area contributed by atoms with E-state index in [-0.39, 0.29) is 24.4 Å². The number of nitrogens with one attached hydrogen (secondary N) is 1. The minimum Gasteiger partial charge on any atom is -0.366 e. The van der Waals surface area contributed by atoms with E-state index in [1.807, 2.05) is 0 Å². The molecule has 0 spiro atoms. The topological polar surface area (TPSA) is 103 Å². The highest BCUT2D eigenvalue weighted by atomic mass is 35.5. The van der Waals surface area contributed by atoms with E-state index in [1.54, 1.807) is 17.8 Å². The Hall–Kier alpha value is -1.53. The van der Waals surface area contributed by atoms with E-state index in [1.165, 1.54) is 6.07 Å². The Morgan fingerprint density at radius 1 is 1.53 bits per heavy atom. The molecule has 0 saturated heterocycles. The van der Waals surface area contributed by atoms with Crippen LogP contribution < -0.4 is 16.8 Å². The Morgan fingerprint density at radius 3 is 2.58 bits per heavy atom. The van der Waals surface area contributed by atoms with Gasteiger partial charge in [-0.1, -0.05) is 0 Å². The molecule has 6 nitrogen and oxygen atoms in total. The van der Waals surface area contributed by atoms with Crippen molar-refractivity contribution in [2.75, 3.05) is 6.54 Å². The number of hydrogen-bond donors (Lipinski definition) is 3. The molecule has 106 valence electrons. The van der Waals surface area contributed by atoms with Gasteiger partial charge in [0.05, 0.1) is 5.56 Å². The van der Waals surface area contributed by atoms with Crippen molar-refractivity contribution in [1.29, 1.82) is 0 Å². The lowest BCUT2D eigenvalue weighted by molar-refractivity contribution is 0.0925. The largest absolute Gasteiger partial charge is 0.366 e. The predicted octanol–water partition coefficient (Wildman–Crippen LogP) is 0.0129. The fraction of sp³-hybridized carbons (Fsp3) is 0.500. The zero-order chi connectivity index (χ0) is 13.3. The molecule has 1 aromatic heterocycles. The first-order chi connectivity index (χ1) is 8.52. The first-order valence-corrected chi connectivity index (χ1v) is 6.00. The van der Waals surface area contributed by atoms with E-state index < -0.39 is 5.91 Å². The lowest BCUT2D eigenvalue weighted by Gasteiger charge is -2.16. The molecule has 0 aliphatic heterocycles. The van der Waals surface area contributed by atoms with Gasteiger partial charge < -0.3 is 21.4 Å². The molecule has 1 unspecified atom stereocenters. The third kappa shape index (κ3) is 3.48. The van der Waals surface area contributed by atoms with Crippen molar-refractivity contribution in [2.45, 2.75) is 18.9 Å². The summed E-state index contributed by atoms with van der Waals surface area (Å²) in [6, 6.07) is 1.52. The minimum absolute atomic E-state index is 0. The number of hydrogen-bond acceptors (Lipinski definition) is 3. The molecule has 0 radical (unpaired) electrons. The van der Waals surface area contributed by atoms with Crippen LogP contribution in [-0.4, -0.2) is 29.0 Å². The number of rotatable bonds is 5. The van der Waals surface area contributed by atoms with Gasteiger partial charge in [-0.05, 0) is 24.8 Å². The number of aromatic nitrogens is 1. The van der Waals surface area contributed by atoms with E-state index in [2.05, 4.69) is 5.32 Å². The van der Waals surface area contributed by atoms with Crippen molar-refractivity contribution in [3.63, 3.8) is 0 Å². The van der Waals surface area contributed by atoms with Gasteiger partial charge in [-0.3, -0.25) is 9.59 Å². The van der Waals surface area contributed by atoms with Gasteiger partial charge in [0.1, 0.15) is 5.69 Å². The summed E-state index contributed by atoms with van der Waals surface area (Å²) in [6.07, 6.45) is 3.77. The van der Waals surface area contributed by atoms with Crippen LogP contribution in [0.1, 0.15) is 33.7 Å². The number of nitrogens with two attached hydrogens (primary N) is 2. The number of nitrogens with zero attached hydrogens (tertiary/aromatic N) is 1. The molecule has 0 aromatic carbocycles. The smallest absolute Gasteiger partial charge is 0.268 e. The van der Waals surface area contributed by atoms with Crippen LogP contribution in [0.2, 0.25) is 0 Å². The maximum Gasteiger partial charge on any atom is 0.268 e. The van der Waals surface area contributed by atoms with Gasteiger partial charge in [0.15, 0.2) is 0 Å². The molecule has 5 N–H and O–H groups in total. The van der Waals surface area contributed by atoms with Crippen LogP contribution in [0.3, 0.4) is 0 Å². The molecule has 1 saturated carbocycles. The fourth-order valence-corrected chi connectivity index (χ4v) is 2.04. The maximum atomic E-state index is 12.1. The summed E-state index contributed by atoms with van der Waals surface area (Å²) in [6.45, 7) is 0.434. The van der Waals surface area contributed by atoms with Gasteiger partial charge in [0, 0.05) is 25.8 Å². The minimum atomic E-state index is -0.540. The van der Waals surface area contributed by atoms with E-state index in [9.17, 15) is 9.59 Å². The number of halogens is 1. The molecule has 19 heavy (non-hydrogen) atoms. The Morgan fingerprint density at radius 2 is 2.16 bits per heavy atom. The van der Waals surface area contributed by atoms with Crippen molar-refractivity contribution in [3.8, 4) is 0 Å². The standard InChI is InChI=1S/C12H18N4O2.ClH/c1-16-6-8(11(14)17)4-10(16)12(18)15-9(5-13)7-2-3-7;/h4,6-7,9H,2-3,5,13H2,1H3,(H2,14,17)(H,15,18);1H. The zero-order valence-electron chi connectivity index (χ0n) is 10.8. The highest BCUT2D eigenvalue weighted by Gasteiger charge is 2.31. The molecule has 0 bridgehead atoms. The van der Waals surface area contributed by atoms with Gasteiger partial charge in [0.2, 0.25) is 5.91 Å². The number of primary amides is 1. The van der Waals surface area contributed by atoms with E-state index in [0.29, 0.717) is 23.7 Å². The third-order valence-electron chi connectivity index (χ3n) is 3.28. The average molecular weight is 287 g/mol. The number of carbonyl (C=O) groups excluding carboxylic acids is 2. The second-order valence-electron chi connectivity index (χ2n) is 4.74. The maximum absolute atomic E-state index is 12.1. The van der Waals surface area contributed by atoms with E-state index in [4.69, 9.17) is 11.5 Å². The lowest BCUT2D eigenvalue weighted by atomic mass is 10.2. The van der Waals surface area contributed by atoms with Crippen LogP contribution in [0.15, 0.2) is 12.3 Å². The summed E-state index contributed by atoms with van der Waals surface area (Å²) >= 11 is 0. The molecule has 7 heteroatoms. The second kappa shape index (κ2) is 6.08. The van der Waals surface area contributed by atoms with Crippen molar-refractivity contribution >= 4 is 24.2 Å². The second-order valence-corrected chi connectivity index (χ2v) is 4.74. The summed E-state index contributed by atoms with van der Waals surface area (Å²) in [5.41, 5.74) is 11.6. The Kier molecular flexibility index (Phi) is 4.97. The summed E-state index contributed by atoms with van der Waals surface area (Å²) in [7, 11) is 1.70. The summed E-state index contributed by atoms with van der Waals surface area (Å²) in [5, 5.41) is 2.90. The predicted molar refractivity (Wildman–Crippen MR) is 74.2 cm³/mol. The summed E-state index contributed by atoms with van der Waals surface area (Å²) in [4.78, 5) is 23.1. The van der Waals surface area contributed by atoms with Gasteiger partial charge >= 0.3 is 0 Å². The molecule has 1 aliphatic rings. The van der Waals surface area contributed by atoms with Crippen molar-refractivity contribution < 1.29 is 9.59 Å². The van der Waals surface area contributed by atoms with Gasteiger partial charge in [0.25, 0.3) is 5.91 Å². The SMILES string of the molecule is Cl.Cn1cc(C(N)=O)cc1C(=O)NC(CN)C1CC1. The van der Waals surface area contributed by atoms with Gasteiger partial charge in [-0.2, -0.15) is 0 Å². The van der Waals surface area contributed by atoms with E-state index in [0.717, 1.165) is 12.8 Å². The first-order valence-electron chi connectivity index (χ1n) is 6.00. The molecule has 1 fully saturated rings. The molecule has 1 atom stereocenters. The summed E-state index contributed by atoms with van der Waals surface area (Å²) < 4.78 is 1.59. The van der Waals surface area contributed by atoms with Crippen LogP contribution >= 0.6 is 12.4 Å². The quantitative estimate of drug-likeness (QED) is 0.710. The van der Waals surface area contributed by atoms with Crippen molar-refractivity contribution in [1.82, 2.24) is 9.88 Å². The molecule has 1 aromatic rings.